The number of aromatic nitrogens is 1. The molecule has 0 aliphatic heterocycles. The number of azo groups is 1. The number of nitrogens with zero attached hydrogens (tertiary/aromatic N) is 4. The maximum atomic E-state index is 12.5. The Balaban J connectivity index is 1.60. The van der Waals surface area contributed by atoms with E-state index in [4.69, 9.17) is 0 Å². The third kappa shape index (κ3) is 4.59. The first-order chi connectivity index (χ1) is 15.9. The Morgan fingerprint density at radius 2 is 1.64 bits per heavy atom. The minimum atomic E-state index is -0.733. The van der Waals surface area contributed by atoms with Gasteiger partial charge in [-0.3, -0.25) is 19.7 Å². The number of aromatic hydroxyl groups is 1. The highest BCUT2D eigenvalue weighted by molar-refractivity contribution is 5.99. The molecule has 33 heavy (non-hydrogen) atoms. The van der Waals surface area contributed by atoms with Crippen LogP contribution in [-0.2, 0) is 11.3 Å². The molecule has 0 radical (unpaired) electrons. The Labute approximate surface area is 187 Å². The van der Waals surface area contributed by atoms with Crippen LogP contribution in [0.5, 0.6) is 5.88 Å². The normalized spacial score (nSPS) is 11.0. The van der Waals surface area contributed by atoms with Crippen molar-refractivity contribution < 1.29 is 19.6 Å². The van der Waals surface area contributed by atoms with E-state index in [-0.39, 0.29) is 35.3 Å². The summed E-state index contributed by atoms with van der Waals surface area (Å²) in [5.41, 5.74) is 1.14. The van der Waals surface area contributed by atoms with Crippen molar-refractivity contribution in [3.8, 4) is 5.88 Å². The van der Waals surface area contributed by atoms with Gasteiger partial charge in [0.2, 0.25) is 11.8 Å². The number of anilines is 1. The smallest absolute Gasteiger partial charge is 0.295 e. The van der Waals surface area contributed by atoms with E-state index in [0.29, 0.717) is 16.6 Å². The fourth-order valence-corrected chi connectivity index (χ4v) is 3.27. The van der Waals surface area contributed by atoms with Gasteiger partial charge in [-0.15, -0.1) is 10.2 Å². The zero-order valence-corrected chi connectivity index (χ0v) is 17.1. The maximum absolute atomic E-state index is 12.5. The minimum absolute atomic E-state index is 0.0355. The average molecular weight is 443 g/mol. The van der Waals surface area contributed by atoms with Crippen molar-refractivity contribution in [2.75, 3.05) is 5.32 Å². The first-order valence-electron chi connectivity index (χ1n) is 9.79. The summed E-state index contributed by atoms with van der Waals surface area (Å²) >= 11 is 0. The summed E-state index contributed by atoms with van der Waals surface area (Å²) in [6.45, 7) is -0.187. The molecule has 1 aromatic heterocycles. The fraction of sp³-hybridized carbons (Fsp3) is 0.0435. The van der Waals surface area contributed by atoms with Crippen LogP contribution in [0.25, 0.3) is 10.9 Å². The van der Waals surface area contributed by atoms with Crippen molar-refractivity contribution >= 4 is 39.8 Å². The molecule has 0 saturated carbocycles. The topological polar surface area (TPSA) is 139 Å². The Morgan fingerprint density at radius 1 is 0.970 bits per heavy atom. The van der Waals surface area contributed by atoms with Gasteiger partial charge in [-0.2, -0.15) is 0 Å². The molecule has 4 rings (SSSR count). The van der Waals surface area contributed by atoms with Crippen molar-refractivity contribution in [3.05, 3.63) is 94.5 Å². The van der Waals surface area contributed by atoms with E-state index >= 15 is 0 Å². The molecule has 2 N–H and O–H groups in total. The van der Waals surface area contributed by atoms with E-state index in [1.807, 2.05) is 6.07 Å². The van der Waals surface area contributed by atoms with Gasteiger partial charge in [0.1, 0.15) is 6.54 Å². The Morgan fingerprint density at radius 3 is 2.33 bits per heavy atom. The first kappa shape index (κ1) is 21.4. The highest BCUT2D eigenvalue weighted by Gasteiger charge is 2.19. The van der Waals surface area contributed by atoms with Crippen molar-refractivity contribution in [1.82, 2.24) is 4.57 Å². The molecule has 0 unspecified atom stereocenters. The number of amides is 2. The van der Waals surface area contributed by atoms with Crippen LogP contribution in [0, 0.1) is 10.1 Å². The van der Waals surface area contributed by atoms with Gasteiger partial charge in [0.15, 0.2) is 5.69 Å². The molecule has 3 aromatic carbocycles. The number of carbonyl (C=O) groups is 2. The molecule has 10 heteroatoms. The number of fused-ring (bicyclic) bond motifs is 1. The lowest BCUT2D eigenvalue weighted by atomic mass is 10.2. The van der Waals surface area contributed by atoms with Crippen molar-refractivity contribution in [1.29, 1.82) is 0 Å². The predicted octanol–water partition coefficient (Wildman–Crippen LogP) is 4.82. The molecular weight excluding hydrogens is 426 g/mol. The molecule has 10 nitrogen and oxygen atoms in total. The molecule has 1 heterocycles. The van der Waals surface area contributed by atoms with E-state index in [1.54, 1.807) is 48.5 Å². The average Bonchev–Trinajstić information content (AvgIpc) is 3.09. The number of para-hydroxylation sites is 2. The standard InChI is InChI=1S/C23H17N5O5/c29-20(24-16-6-2-1-3-7-16)14-27-19-9-5-4-8-18(19)21(23(27)31)25-26-22(30)15-10-12-17(13-11-15)28(32)33/h1-13,31H,14H2,(H,24,29). The number of nitro groups is 1. The van der Waals surface area contributed by atoms with Crippen LogP contribution in [0.1, 0.15) is 10.4 Å². The van der Waals surface area contributed by atoms with Crippen molar-refractivity contribution in [2.45, 2.75) is 6.54 Å². The SMILES string of the molecule is O=C(Cn1c(O)c(N=NC(=O)c2ccc([N+](=O)[O-])cc2)c2ccccc21)Nc1ccccc1. The summed E-state index contributed by atoms with van der Waals surface area (Å²) in [4.78, 5) is 35.0. The minimum Gasteiger partial charge on any atom is -0.493 e. The Hall–Kier alpha value is -4.86. The van der Waals surface area contributed by atoms with Gasteiger partial charge < -0.3 is 15.0 Å². The predicted molar refractivity (Wildman–Crippen MR) is 121 cm³/mol. The van der Waals surface area contributed by atoms with Gasteiger partial charge in [-0.05, 0) is 30.3 Å². The number of non-ortho nitro benzene ring substituents is 1. The second kappa shape index (κ2) is 9.10. The second-order valence-electron chi connectivity index (χ2n) is 7.00. The number of hydrogen-bond donors (Lipinski definition) is 2. The Bertz CT molecular complexity index is 1380. The molecule has 0 atom stereocenters. The quantitative estimate of drug-likeness (QED) is 0.250. The van der Waals surface area contributed by atoms with Crippen LogP contribution in [0.3, 0.4) is 0 Å². The molecule has 0 aliphatic rings. The molecule has 0 fully saturated rings. The lowest BCUT2D eigenvalue weighted by molar-refractivity contribution is -0.384. The monoisotopic (exact) mass is 443 g/mol. The number of benzene rings is 3. The summed E-state index contributed by atoms with van der Waals surface area (Å²) in [5.74, 6) is -1.41. The van der Waals surface area contributed by atoms with Crippen LogP contribution in [0.4, 0.5) is 17.1 Å². The second-order valence-corrected chi connectivity index (χ2v) is 7.00. The van der Waals surface area contributed by atoms with E-state index in [0.717, 1.165) is 0 Å². The van der Waals surface area contributed by atoms with Crippen LogP contribution in [0.2, 0.25) is 0 Å². The largest absolute Gasteiger partial charge is 0.493 e. The lowest BCUT2D eigenvalue weighted by Crippen LogP contribution is -2.18. The van der Waals surface area contributed by atoms with Gasteiger partial charge in [0, 0.05) is 28.8 Å². The molecule has 0 bridgehead atoms. The molecule has 2 amide bonds. The summed E-state index contributed by atoms with van der Waals surface area (Å²) in [6, 6.07) is 20.7. The number of hydrogen-bond acceptors (Lipinski definition) is 6. The molecule has 0 aliphatic carbocycles. The van der Waals surface area contributed by atoms with Gasteiger partial charge in [-0.25, -0.2) is 0 Å². The van der Waals surface area contributed by atoms with E-state index < -0.39 is 10.8 Å². The third-order valence-corrected chi connectivity index (χ3v) is 4.84. The van der Waals surface area contributed by atoms with Gasteiger partial charge in [0.05, 0.1) is 10.4 Å². The first-order valence-corrected chi connectivity index (χ1v) is 9.79. The highest BCUT2D eigenvalue weighted by Crippen LogP contribution is 2.38. The molecule has 0 spiro atoms. The molecular formula is C23H17N5O5. The number of carbonyl (C=O) groups excluding carboxylic acids is 2. The van der Waals surface area contributed by atoms with E-state index in [9.17, 15) is 24.8 Å². The van der Waals surface area contributed by atoms with E-state index in [1.165, 1.54) is 28.8 Å². The number of nitrogens with one attached hydrogen (secondary N) is 1. The third-order valence-electron chi connectivity index (χ3n) is 4.84. The zero-order chi connectivity index (χ0) is 23.4. The van der Waals surface area contributed by atoms with Crippen molar-refractivity contribution in [2.24, 2.45) is 10.2 Å². The zero-order valence-electron chi connectivity index (χ0n) is 17.1. The number of nitro benzene ring substituents is 1. The molecule has 164 valence electrons. The van der Waals surface area contributed by atoms with Crippen LogP contribution < -0.4 is 5.32 Å². The van der Waals surface area contributed by atoms with Crippen LogP contribution in [-0.4, -0.2) is 26.4 Å². The van der Waals surface area contributed by atoms with Crippen LogP contribution >= 0.6 is 0 Å². The fourth-order valence-electron chi connectivity index (χ4n) is 3.27. The summed E-state index contributed by atoms with van der Waals surface area (Å²) in [5, 5.41) is 32.3. The van der Waals surface area contributed by atoms with Gasteiger partial charge >= 0.3 is 0 Å². The summed E-state index contributed by atoms with van der Waals surface area (Å²) < 4.78 is 1.37. The van der Waals surface area contributed by atoms with Crippen molar-refractivity contribution in [3.63, 3.8) is 0 Å². The number of rotatable bonds is 6. The Kier molecular flexibility index (Phi) is 5.90. The summed E-state index contributed by atoms with van der Waals surface area (Å²) in [7, 11) is 0. The highest BCUT2D eigenvalue weighted by atomic mass is 16.6. The summed E-state index contributed by atoms with van der Waals surface area (Å²) in [6.07, 6.45) is 0. The van der Waals surface area contributed by atoms with Gasteiger partial charge in [-0.1, -0.05) is 36.4 Å². The molecule has 0 saturated heterocycles. The molecule has 4 aromatic rings. The van der Waals surface area contributed by atoms with E-state index in [2.05, 4.69) is 15.5 Å². The lowest BCUT2D eigenvalue weighted by Gasteiger charge is -2.08. The maximum Gasteiger partial charge on any atom is 0.295 e. The van der Waals surface area contributed by atoms with Gasteiger partial charge in [0.25, 0.3) is 11.6 Å². The van der Waals surface area contributed by atoms with Crippen LogP contribution in [0.15, 0.2) is 89.1 Å².